The van der Waals surface area contributed by atoms with E-state index in [2.05, 4.69) is 15.2 Å². The van der Waals surface area contributed by atoms with Gasteiger partial charge in [-0.05, 0) is 23.8 Å². The van der Waals surface area contributed by atoms with Crippen LogP contribution in [0.3, 0.4) is 0 Å². The minimum atomic E-state index is 0.00976. The number of thioether (sulfide) groups is 1. The molecule has 27 heavy (non-hydrogen) atoms. The molecule has 0 unspecified atom stereocenters. The second kappa shape index (κ2) is 8.92. The van der Waals surface area contributed by atoms with Crippen molar-refractivity contribution in [2.75, 3.05) is 19.9 Å². The Bertz CT molecular complexity index is 917. The van der Waals surface area contributed by atoms with E-state index < -0.39 is 0 Å². The number of aromatic amines is 1. The Morgan fingerprint density at radius 2 is 2.04 bits per heavy atom. The fraction of sp³-hybridized carbons (Fsp3) is 0.211. The van der Waals surface area contributed by atoms with E-state index in [-0.39, 0.29) is 11.7 Å². The van der Waals surface area contributed by atoms with Crippen LogP contribution in [0.4, 0.5) is 0 Å². The van der Waals surface area contributed by atoms with Crippen molar-refractivity contribution in [2.24, 2.45) is 0 Å². The highest BCUT2D eigenvalue weighted by Gasteiger charge is 2.15. The first-order valence-electron chi connectivity index (χ1n) is 8.24. The third-order valence-corrected chi connectivity index (χ3v) is 4.96. The number of nitrogens with one attached hydrogen (secondary N) is 1. The van der Waals surface area contributed by atoms with Gasteiger partial charge in [-0.3, -0.25) is 9.89 Å². The van der Waals surface area contributed by atoms with E-state index in [0.29, 0.717) is 28.3 Å². The highest BCUT2D eigenvalue weighted by atomic mass is 35.5. The van der Waals surface area contributed by atoms with Crippen LogP contribution in [0.1, 0.15) is 5.56 Å². The summed E-state index contributed by atoms with van der Waals surface area (Å²) in [5.74, 6) is 1.45. The molecule has 0 aliphatic heterocycles. The van der Waals surface area contributed by atoms with Crippen molar-refractivity contribution in [1.29, 1.82) is 0 Å². The Labute approximate surface area is 166 Å². The lowest BCUT2D eigenvalue weighted by Gasteiger charge is -2.16. The van der Waals surface area contributed by atoms with Crippen LogP contribution in [0.15, 0.2) is 53.7 Å². The van der Waals surface area contributed by atoms with Crippen LogP contribution in [-0.4, -0.2) is 45.9 Å². The van der Waals surface area contributed by atoms with Gasteiger partial charge >= 0.3 is 0 Å². The van der Waals surface area contributed by atoms with Gasteiger partial charge in [0.15, 0.2) is 5.82 Å². The average Bonchev–Trinajstić information content (AvgIpc) is 3.15. The van der Waals surface area contributed by atoms with Crippen molar-refractivity contribution in [3.8, 4) is 17.1 Å². The molecule has 1 N–H and O–H groups in total. The standard InChI is InChI=1S/C19H19ClN4O2S/c1-24(11-13-6-4-3-5-7-13)17(25)12-27-19-21-18(22-23-19)15-10-14(20)8-9-16(15)26-2/h3-10H,11-12H2,1-2H3,(H,21,22,23). The van der Waals surface area contributed by atoms with Crippen LogP contribution in [-0.2, 0) is 11.3 Å². The number of hydrogen-bond acceptors (Lipinski definition) is 5. The normalized spacial score (nSPS) is 10.6. The van der Waals surface area contributed by atoms with Crippen LogP contribution in [0.5, 0.6) is 5.75 Å². The largest absolute Gasteiger partial charge is 0.496 e. The van der Waals surface area contributed by atoms with Crippen LogP contribution >= 0.6 is 23.4 Å². The Morgan fingerprint density at radius 1 is 1.26 bits per heavy atom. The fourth-order valence-electron chi connectivity index (χ4n) is 2.48. The Morgan fingerprint density at radius 3 is 2.78 bits per heavy atom. The minimum absolute atomic E-state index is 0.00976. The second-order valence-corrected chi connectivity index (χ2v) is 7.21. The number of rotatable bonds is 7. The molecule has 1 aromatic heterocycles. The maximum Gasteiger partial charge on any atom is 0.233 e. The zero-order valence-electron chi connectivity index (χ0n) is 15.0. The number of amides is 1. The number of ether oxygens (including phenoxy) is 1. The molecule has 3 rings (SSSR count). The molecule has 1 heterocycles. The predicted octanol–water partition coefficient (Wildman–Crippen LogP) is 3.88. The Kier molecular flexibility index (Phi) is 6.36. The zero-order chi connectivity index (χ0) is 19.2. The molecule has 2 aromatic carbocycles. The van der Waals surface area contributed by atoms with E-state index in [1.807, 2.05) is 30.3 Å². The summed E-state index contributed by atoms with van der Waals surface area (Å²) < 4.78 is 5.34. The van der Waals surface area contributed by atoms with Crippen LogP contribution in [0, 0.1) is 0 Å². The number of nitrogens with zero attached hydrogens (tertiary/aromatic N) is 3. The van der Waals surface area contributed by atoms with Crippen molar-refractivity contribution in [3.05, 3.63) is 59.1 Å². The highest BCUT2D eigenvalue weighted by molar-refractivity contribution is 7.99. The maximum atomic E-state index is 12.3. The van der Waals surface area contributed by atoms with E-state index in [9.17, 15) is 4.79 Å². The molecule has 0 atom stereocenters. The monoisotopic (exact) mass is 402 g/mol. The molecule has 8 heteroatoms. The number of halogens is 1. The van der Waals surface area contributed by atoms with Crippen molar-refractivity contribution < 1.29 is 9.53 Å². The zero-order valence-corrected chi connectivity index (χ0v) is 16.5. The van der Waals surface area contributed by atoms with Gasteiger partial charge in [-0.15, -0.1) is 5.10 Å². The number of methoxy groups -OCH3 is 1. The molecule has 0 spiro atoms. The van der Waals surface area contributed by atoms with Crippen LogP contribution < -0.4 is 4.74 Å². The van der Waals surface area contributed by atoms with Gasteiger partial charge < -0.3 is 9.64 Å². The quantitative estimate of drug-likeness (QED) is 0.607. The number of aromatic nitrogens is 3. The van der Waals surface area contributed by atoms with E-state index >= 15 is 0 Å². The third kappa shape index (κ3) is 5.02. The molecule has 1 amide bonds. The summed E-state index contributed by atoms with van der Waals surface area (Å²) in [4.78, 5) is 18.5. The van der Waals surface area contributed by atoms with Crippen LogP contribution in [0.25, 0.3) is 11.4 Å². The summed E-state index contributed by atoms with van der Waals surface area (Å²) >= 11 is 7.34. The molecule has 3 aromatic rings. The number of benzene rings is 2. The SMILES string of the molecule is COc1ccc(Cl)cc1-c1nc(SCC(=O)N(C)Cc2ccccc2)n[nH]1. The smallest absolute Gasteiger partial charge is 0.233 e. The molecule has 0 aliphatic rings. The number of carbonyl (C=O) groups is 1. The summed E-state index contributed by atoms with van der Waals surface area (Å²) in [6.45, 7) is 0.569. The Hall–Kier alpha value is -2.51. The summed E-state index contributed by atoms with van der Waals surface area (Å²) in [7, 11) is 3.37. The third-order valence-electron chi connectivity index (χ3n) is 3.89. The lowest BCUT2D eigenvalue weighted by Crippen LogP contribution is -2.27. The summed E-state index contributed by atoms with van der Waals surface area (Å²) in [6, 6.07) is 15.1. The van der Waals surface area contributed by atoms with E-state index in [1.54, 1.807) is 37.3 Å². The van der Waals surface area contributed by atoms with Gasteiger partial charge in [-0.25, -0.2) is 4.98 Å². The topological polar surface area (TPSA) is 71.1 Å². The van der Waals surface area contributed by atoms with Gasteiger partial charge in [0.05, 0.1) is 18.4 Å². The molecule has 0 aliphatic carbocycles. The van der Waals surface area contributed by atoms with E-state index in [4.69, 9.17) is 16.3 Å². The number of carbonyl (C=O) groups excluding carboxylic acids is 1. The van der Waals surface area contributed by atoms with Gasteiger partial charge in [0.25, 0.3) is 0 Å². The van der Waals surface area contributed by atoms with E-state index in [0.717, 1.165) is 11.1 Å². The lowest BCUT2D eigenvalue weighted by atomic mass is 10.2. The van der Waals surface area contributed by atoms with Crippen LogP contribution in [0.2, 0.25) is 5.02 Å². The first-order valence-corrected chi connectivity index (χ1v) is 9.60. The molecular weight excluding hydrogens is 384 g/mol. The predicted molar refractivity (Wildman–Crippen MR) is 107 cm³/mol. The molecule has 0 bridgehead atoms. The number of hydrogen-bond donors (Lipinski definition) is 1. The molecule has 0 fully saturated rings. The highest BCUT2D eigenvalue weighted by Crippen LogP contribution is 2.31. The van der Waals surface area contributed by atoms with Crippen molar-refractivity contribution in [1.82, 2.24) is 20.1 Å². The molecule has 0 radical (unpaired) electrons. The summed E-state index contributed by atoms with van der Waals surface area (Å²) in [5.41, 5.74) is 1.81. The van der Waals surface area contributed by atoms with Crippen molar-refractivity contribution >= 4 is 29.3 Å². The summed E-state index contributed by atoms with van der Waals surface area (Å²) in [5, 5.41) is 8.11. The minimum Gasteiger partial charge on any atom is -0.496 e. The second-order valence-electron chi connectivity index (χ2n) is 5.84. The van der Waals surface area contributed by atoms with Crippen molar-refractivity contribution in [2.45, 2.75) is 11.7 Å². The Balaban J connectivity index is 1.61. The van der Waals surface area contributed by atoms with Gasteiger partial charge in [-0.1, -0.05) is 53.7 Å². The summed E-state index contributed by atoms with van der Waals surface area (Å²) in [6.07, 6.45) is 0. The van der Waals surface area contributed by atoms with Gasteiger partial charge in [0.1, 0.15) is 5.75 Å². The molecule has 0 saturated carbocycles. The molecule has 6 nitrogen and oxygen atoms in total. The maximum absolute atomic E-state index is 12.3. The van der Waals surface area contributed by atoms with E-state index in [1.165, 1.54) is 11.8 Å². The fourth-order valence-corrected chi connectivity index (χ4v) is 3.39. The van der Waals surface area contributed by atoms with Gasteiger partial charge in [0, 0.05) is 18.6 Å². The first-order chi connectivity index (χ1) is 13.1. The molecule has 140 valence electrons. The average molecular weight is 403 g/mol. The van der Waals surface area contributed by atoms with Gasteiger partial charge in [-0.2, -0.15) is 0 Å². The van der Waals surface area contributed by atoms with Crippen molar-refractivity contribution in [3.63, 3.8) is 0 Å². The first kappa shape index (κ1) is 19.3. The number of H-pyrrole nitrogens is 1. The molecular formula is C19H19ClN4O2S. The van der Waals surface area contributed by atoms with Gasteiger partial charge in [0.2, 0.25) is 11.1 Å². The lowest BCUT2D eigenvalue weighted by molar-refractivity contribution is -0.127. The molecule has 0 saturated heterocycles.